The van der Waals surface area contributed by atoms with Crippen LogP contribution in [0.4, 0.5) is 23.0 Å². The largest absolute Gasteiger partial charge is 0.493 e. The van der Waals surface area contributed by atoms with Crippen LogP contribution in [0.25, 0.3) is 0 Å². The number of hydrogen-bond acceptors (Lipinski definition) is 8. The Morgan fingerprint density at radius 1 is 0.974 bits per heavy atom. The van der Waals surface area contributed by atoms with Gasteiger partial charge < -0.3 is 24.4 Å². The fraction of sp³-hybridized carbons (Fsp3) is 0.207. The topological polar surface area (TPSA) is 81.1 Å². The Bertz CT molecular complexity index is 1450. The van der Waals surface area contributed by atoms with Gasteiger partial charge in [-0.3, -0.25) is 0 Å². The van der Waals surface area contributed by atoms with Gasteiger partial charge in [0, 0.05) is 40.7 Å². The molecule has 0 aliphatic carbocycles. The van der Waals surface area contributed by atoms with E-state index in [2.05, 4.69) is 37.3 Å². The van der Waals surface area contributed by atoms with Crippen molar-refractivity contribution in [2.45, 2.75) is 6.92 Å². The quantitative estimate of drug-likeness (QED) is 0.226. The van der Waals surface area contributed by atoms with Gasteiger partial charge in [-0.05, 0) is 72.6 Å². The van der Waals surface area contributed by atoms with Crippen LogP contribution in [0.2, 0.25) is 10.0 Å². The third-order valence-electron chi connectivity index (χ3n) is 6.00. The van der Waals surface area contributed by atoms with Crippen molar-refractivity contribution >= 4 is 52.4 Å². The van der Waals surface area contributed by atoms with Crippen LogP contribution in [0.1, 0.15) is 11.1 Å². The number of nitrogens with one attached hydrogen (secondary N) is 1. The van der Waals surface area contributed by atoms with Crippen LogP contribution < -0.4 is 19.7 Å². The second-order valence-corrected chi connectivity index (χ2v) is 9.75. The van der Waals surface area contributed by atoms with Crippen molar-refractivity contribution < 1.29 is 14.2 Å². The van der Waals surface area contributed by atoms with Crippen molar-refractivity contribution in [1.29, 1.82) is 0 Å². The van der Waals surface area contributed by atoms with Gasteiger partial charge in [0.25, 0.3) is 5.88 Å². The number of methoxy groups -OCH3 is 1. The van der Waals surface area contributed by atoms with E-state index in [1.807, 2.05) is 37.3 Å². The summed E-state index contributed by atoms with van der Waals surface area (Å²) < 4.78 is 17.2. The molecule has 0 radical (unpaired) electrons. The average molecular weight is 564 g/mol. The second-order valence-electron chi connectivity index (χ2n) is 8.87. The monoisotopic (exact) mass is 563 g/mol. The summed E-state index contributed by atoms with van der Waals surface area (Å²) >= 11 is 12.3. The number of anilines is 3. The maximum atomic E-state index is 6.20. The third kappa shape index (κ3) is 6.97. The average Bonchev–Trinajstić information content (AvgIpc) is 2.94. The van der Waals surface area contributed by atoms with E-state index in [4.69, 9.17) is 37.4 Å². The normalized spacial score (nSPS) is 13.5. The van der Waals surface area contributed by atoms with E-state index < -0.39 is 0 Å². The minimum absolute atomic E-state index is 0.254. The van der Waals surface area contributed by atoms with E-state index in [-0.39, 0.29) is 5.88 Å². The van der Waals surface area contributed by atoms with Gasteiger partial charge in [0.15, 0.2) is 11.5 Å². The van der Waals surface area contributed by atoms with Crippen molar-refractivity contribution in [3.05, 3.63) is 88.0 Å². The number of halogens is 2. The number of rotatable bonds is 8. The highest BCUT2D eigenvalue weighted by Crippen LogP contribution is 2.36. The Morgan fingerprint density at radius 2 is 1.72 bits per heavy atom. The summed E-state index contributed by atoms with van der Waals surface area (Å²) in [5, 5.41) is 4.28. The molecular weight excluding hydrogens is 537 g/mol. The van der Waals surface area contributed by atoms with Crippen LogP contribution in [0.3, 0.4) is 0 Å². The lowest BCUT2D eigenvalue weighted by molar-refractivity contribution is 0.122. The van der Waals surface area contributed by atoms with Crippen LogP contribution in [0, 0.1) is 6.92 Å². The molecule has 0 amide bonds. The molecule has 0 spiro atoms. The number of aryl methyl sites for hydroxylation is 1. The first-order chi connectivity index (χ1) is 19.0. The van der Waals surface area contributed by atoms with Crippen LogP contribution in [0.15, 0.2) is 71.9 Å². The van der Waals surface area contributed by atoms with Crippen molar-refractivity contribution in [1.82, 2.24) is 9.97 Å². The van der Waals surface area contributed by atoms with Gasteiger partial charge in [-0.2, -0.15) is 4.98 Å². The maximum absolute atomic E-state index is 6.20. The van der Waals surface area contributed by atoms with Crippen molar-refractivity contribution in [3.63, 3.8) is 0 Å². The molecule has 39 heavy (non-hydrogen) atoms. The summed E-state index contributed by atoms with van der Waals surface area (Å²) in [5.41, 5.74) is 4.18. The molecule has 0 atom stereocenters. The molecule has 10 heteroatoms. The number of ether oxygens (including phenoxy) is 3. The molecule has 5 rings (SSSR count). The Balaban J connectivity index is 1.43. The van der Waals surface area contributed by atoms with Gasteiger partial charge in [-0.1, -0.05) is 29.3 Å². The zero-order valence-electron chi connectivity index (χ0n) is 21.5. The highest BCUT2D eigenvalue weighted by molar-refractivity contribution is 6.35. The van der Waals surface area contributed by atoms with Crippen molar-refractivity contribution in [2.24, 2.45) is 4.99 Å². The fourth-order valence-electron chi connectivity index (χ4n) is 4.05. The van der Waals surface area contributed by atoms with Crippen molar-refractivity contribution in [3.8, 4) is 17.4 Å². The predicted molar refractivity (Wildman–Crippen MR) is 156 cm³/mol. The molecule has 1 saturated heterocycles. The summed E-state index contributed by atoms with van der Waals surface area (Å²) in [6.07, 6.45) is 3.23. The van der Waals surface area contributed by atoms with Gasteiger partial charge in [0.1, 0.15) is 5.69 Å². The Labute approximate surface area is 237 Å². The van der Waals surface area contributed by atoms with Gasteiger partial charge in [-0.25, -0.2) is 9.98 Å². The summed E-state index contributed by atoms with van der Waals surface area (Å²) in [6, 6.07) is 19.0. The summed E-state index contributed by atoms with van der Waals surface area (Å²) in [4.78, 5) is 16.0. The predicted octanol–water partition coefficient (Wildman–Crippen LogP) is 7.22. The molecule has 4 aromatic rings. The minimum Gasteiger partial charge on any atom is -0.493 e. The van der Waals surface area contributed by atoms with E-state index in [1.165, 1.54) is 0 Å². The number of aromatic nitrogens is 2. The third-order valence-corrected chi connectivity index (χ3v) is 6.44. The lowest BCUT2D eigenvalue weighted by atomic mass is 10.2. The molecule has 0 unspecified atom stereocenters. The van der Waals surface area contributed by atoms with E-state index in [0.29, 0.717) is 33.2 Å². The number of aliphatic imine (C=N–C) groups is 1. The van der Waals surface area contributed by atoms with E-state index in [0.717, 1.165) is 48.8 Å². The Hall–Kier alpha value is -3.85. The lowest BCUT2D eigenvalue weighted by Crippen LogP contribution is -2.36. The van der Waals surface area contributed by atoms with Crippen LogP contribution in [-0.4, -0.2) is 49.6 Å². The molecule has 0 saturated carbocycles. The number of morpholine rings is 1. The molecule has 0 bridgehead atoms. The second kappa shape index (κ2) is 12.3. The molecule has 1 fully saturated rings. The molecule has 200 valence electrons. The fourth-order valence-corrected chi connectivity index (χ4v) is 4.59. The molecule has 1 aromatic heterocycles. The highest BCUT2D eigenvalue weighted by atomic mass is 35.5. The molecule has 3 aromatic carbocycles. The molecule has 2 heterocycles. The van der Waals surface area contributed by atoms with Gasteiger partial charge >= 0.3 is 0 Å². The van der Waals surface area contributed by atoms with E-state index >= 15 is 0 Å². The molecule has 1 aliphatic rings. The van der Waals surface area contributed by atoms with E-state index in [1.54, 1.807) is 37.7 Å². The van der Waals surface area contributed by atoms with E-state index in [9.17, 15) is 0 Å². The molecule has 1 aliphatic heterocycles. The lowest BCUT2D eigenvalue weighted by Gasteiger charge is -2.28. The Kier molecular flexibility index (Phi) is 8.46. The first-order valence-electron chi connectivity index (χ1n) is 12.4. The molecule has 1 N–H and O–H groups in total. The summed E-state index contributed by atoms with van der Waals surface area (Å²) in [5.74, 6) is 1.70. The summed E-state index contributed by atoms with van der Waals surface area (Å²) in [7, 11) is 1.59. The van der Waals surface area contributed by atoms with Crippen molar-refractivity contribution in [2.75, 3.05) is 43.6 Å². The van der Waals surface area contributed by atoms with Gasteiger partial charge in [-0.15, -0.1) is 0 Å². The minimum atomic E-state index is 0.254. The van der Waals surface area contributed by atoms with Crippen LogP contribution in [0.5, 0.6) is 17.4 Å². The highest BCUT2D eigenvalue weighted by Gasteiger charge is 2.14. The number of hydrogen-bond donors (Lipinski definition) is 1. The van der Waals surface area contributed by atoms with Gasteiger partial charge in [0.05, 0.1) is 26.5 Å². The zero-order chi connectivity index (χ0) is 27.2. The first kappa shape index (κ1) is 26.7. The van der Waals surface area contributed by atoms with Crippen LogP contribution in [-0.2, 0) is 4.74 Å². The Morgan fingerprint density at radius 3 is 2.44 bits per heavy atom. The molecule has 8 nitrogen and oxygen atoms in total. The maximum Gasteiger partial charge on any atom is 0.250 e. The molecular formula is C29H27Cl2N5O3. The first-order valence-corrected chi connectivity index (χ1v) is 13.1. The zero-order valence-corrected chi connectivity index (χ0v) is 23.0. The number of nitrogens with zero attached hydrogens (tertiary/aromatic N) is 4. The number of benzene rings is 3. The van der Waals surface area contributed by atoms with Crippen LogP contribution >= 0.6 is 23.2 Å². The summed E-state index contributed by atoms with van der Waals surface area (Å²) in [6.45, 7) is 5.21. The van der Waals surface area contributed by atoms with Gasteiger partial charge in [0.2, 0.25) is 5.95 Å². The SMILES string of the molecule is COc1cc(C)ccc1Oc1nc(Nc2ccc(N3CCOCC3)cc2)ncc1/N=C/c1cc(Cl)cc(Cl)c1. The smallest absolute Gasteiger partial charge is 0.250 e. The standard InChI is InChI=1S/C29H27Cl2N5O3/c1-19-3-8-26(27(13-19)37-2)39-28-25(32-17-20-14-21(30)16-22(31)15-20)18-33-29(35-28)34-23-4-6-24(7-5-23)36-9-11-38-12-10-36/h3-8,13-18H,9-12H2,1-2H3,(H,33,34,35)/b32-17+.